The Bertz CT molecular complexity index is 758. The first kappa shape index (κ1) is 17.5. The Morgan fingerprint density at radius 2 is 2.16 bits per heavy atom. The van der Waals surface area contributed by atoms with Gasteiger partial charge >= 0.3 is 0 Å². The minimum absolute atomic E-state index is 0.0599. The van der Waals surface area contributed by atoms with Crippen LogP contribution in [0, 0.1) is 0 Å². The first-order valence-electron chi connectivity index (χ1n) is 8.43. The number of anilines is 1. The molecule has 2 heterocycles. The van der Waals surface area contributed by atoms with Crippen molar-refractivity contribution < 1.29 is 9.59 Å². The number of nitrogens with one attached hydrogen (secondary N) is 1. The molecule has 2 amide bonds. The van der Waals surface area contributed by atoms with E-state index in [4.69, 9.17) is 0 Å². The van der Waals surface area contributed by atoms with Gasteiger partial charge in [0, 0.05) is 32.9 Å². The summed E-state index contributed by atoms with van der Waals surface area (Å²) >= 11 is 1.38. The van der Waals surface area contributed by atoms with Gasteiger partial charge in [-0.15, -0.1) is 11.3 Å². The highest BCUT2D eigenvalue weighted by molar-refractivity contribution is 7.12. The quantitative estimate of drug-likeness (QED) is 0.895. The highest BCUT2D eigenvalue weighted by Crippen LogP contribution is 2.26. The van der Waals surface area contributed by atoms with Gasteiger partial charge in [-0.05, 0) is 41.5 Å². The van der Waals surface area contributed by atoms with E-state index in [-0.39, 0.29) is 18.4 Å². The van der Waals surface area contributed by atoms with Gasteiger partial charge in [0.05, 0.1) is 11.4 Å². The van der Waals surface area contributed by atoms with E-state index in [0.717, 1.165) is 24.9 Å². The Morgan fingerprint density at radius 1 is 1.32 bits per heavy atom. The highest BCUT2D eigenvalue weighted by atomic mass is 32.1. The second-order valence-corrected chi connectivity index (χ2v) is 7.35. The Balaban J connectivity index is 1.53. The van der Waals surface area contributed by atoms with E-state index in [9.17, 15) is 9.59 Å². The third-order valence-electron chi connectivity index (χ3n) is 4.44. The number of fused-ring (bicyclic) bond motifs is 1. The molecule has 0 spiro atoms. The van der Waals surface area contributed by atoms with Gasteiger partial charge in [-0.3, -0.25) is 9.59 Å². The number of aryl methyl sites for hydroxylation is 1. The number of likely N-dealkylation sites (N-methyl/N-ethyl adjacent to an activating group) is 1. The monoisotopic (exact) mass is 357 g/mol. The van der Waals surface area contributed by atoms with Crippen LogP contribution in [0.2, 0.25) is 0 Å². The Kier molecular flexibility index (Phi) is 5.38. The second-order valence-electron chi connectivity index (χ2n) is 6.40. The largest absolute Gasteiger partial charge is 0.374 e. The molecule has 1 aliphatic heterocycles. The molecule has 5 nitrogen and oxygen atoms in total. The lowest BCUT2D eigenvalue weighted by Crippen LogP contribution is -2.37. The van der Waals surface area contributed by atoms with Gasteiger partial charge in [0.15, 0.2) is 0 Å². The lowest BCUT2D eigenvalue weighted by molar-refractivity contribution is -0.121. The fourth-order valence-electron chi connectivity index (χ4n) is 3.08. The molecular formula is C19H23N3O2S. The summed E-state index contributed by atoms with van der Waals surface area (Å²) in [4.78, 5) is 28.7. The zero-order valence-electron chi connectivity index (χ0n) is 14.6. The first-order chi connectivity index (χ1) is 12.0. The molecule has 1 aromatic heterocycles. The zero-order valence-corrected chi connectivity index (χ0v) is 15.4. The van der Waals surface area contributed by atoms with Crippen LogP contribution in [0.25, 0.3) is 0 Å². The van der Waals surface area contributed by atoms with Gasteiger partial charge in [0.2, 0.25) is 5.91 Å². The summed E-state index contributed by atoms with van der Waals surface area (Å²) in [7, 11) is 3.76. The molecule has 0 atom stereocenters. The van der Waals surface area contributed by atoms with Crippen LogP contribution in [0.1, 0.15) is 27.2 Å². The lowest BCUT2D eigenvalue weighted by Gasteiger charge is -2.27. The summed E-state index contributed by atoms with van der Waals surface area (Å²) < 4.78 is 0. The number of carbonyl (C=O) groups is 2. The third kappa shape index (κ3) is 4.20. The summed E-state index contributed by atoms with van der Waals surface area (Å²) in [6, 6.07) is 9.96. The van der Waals surface area contributed by atoms with Crippen molar-refractivity contribution in [3.8, 4) is 0 Å². The molecule has 0 aliphatic carbocycles. The van der Waals surface area contributed by atoms with E-state index in [0.29, 0.717) is 11.4 Å². The van der Waals surface area contributed by atoms with Crippen LogP contribution in [0.4, 0.5) is 5.69 Å². The molecule has 25 heavy (non-hydrogen) atoms. The van der Waals surface area contributed by atoms with Gasteiger partial charge in [-0.25, -0.2) is 0 Å². The lowest BCUT2D eigenvalue weighted by atomic mass is 9.99. The van der Waals surface area contributed by atoms with Crippen LogP contribution in [-0.2, 0) is 17.8 Å². The van der Waals surface area contributed by atoms with Crippen LogP contribution >= 0.6 is 11.3 Å². The second kappa shape index (κ2) is 7.70. The molecule has 0 saturated carbocycles. The maximum absolute atomic E-state index is 12.2. The fraction of sp³-hybridized carbons (Fsp3) is 0.368. The molecule has 0 unspecified atom stereocenters. The van der Waals surface area contributed by atoms with E-state index in [1.54, 1.807) is 13.1 Å². The van der Waals surface area contributed by atoms with E-state index >= 15 is 0 Å². The van der Waals surface area contributed by atoms with Gasteiger partial charge in [-0.1, -0.05) is 18.2 Å². The van der Waals surface area contributed by atoms with Crippen LogP contribution < -0.4 is 10.2 Å². The summed E-state index contributed by atoms with van der Waals surface area (Å²) in [6.45, 7) is 1.63. The third-order valence-corrected chi connectivity index (χ3v) is 5.30. The average molecular weight is 357 g/mol. The zero-order chi connectivity index (χ0) is 17.8. The molecule has 6 heteroatoms. The number of thiophene rings is 1. The van der Waals surface area contributed by atoms with Crippen molar-refractivity contribution >= 4 is 28.8 Å². The Morgan fingerprint density at radius 3 is 2.92 bits per heavy atom. The predicted molar refractivity (Wildman–Crippen MR) is 101 cm³/mol. The molecule has 3 rings (SSSR count). The number of carbonyl (C=O) groups excluding carboxylic acids is 2. The van der Waals surface area contributed by atoms with Crippen molar-refractivity contribution in [1.82, 2.24) is 10.2 Å². The number of hydrogen-bond acceptors (Lipinski definition) is 4. The number of hydrogen-bond donors (Lipinski definition) is 1. The van der Waals surface area contributed by atoms with Crippen molar-refractivity contribution in [3.05, 3.63) is 51.7 Å². The normalized spacial score (nSPS) is 13.3. The molecule has 0 bridgehead atoms. The van der Waals surface area contributed by atoms with Gasteiger partial charge < -0.3 is 15.1 Å². The van der Waals surface area contributed by atoms with Gasteiger partial charge in [0.1, 0.15) is 0 Å². The smallest absolute Gasteiger partial charge is 0.264 e. The molecule has 132 valence electrons. The standard InChI is InChI=1S/C19H23N3O2S/c1-21-9-3-5-15-11-14(7-8-16(15)21)12-20-18(23)13-22(2)19(24)17-6-4-10-25-17/h4,6-8,10-11H,3,5,9,12-13H2,1-2H3,(H,20,23). The molecule has 1 aromatic carbocycles. The predicted octanol–water partition coefficient (Wildman–Crippen LogP) is 2.52. The average Bonchev–Trinajstić information content (AvgIpc) is 3.14. The maximum Gasteiger partial charge on any atom is 0.264 e. The van der Waals surface area contributed by atoms with Crippen molar-refractivity contribution in [3.63, 3.8) is 0 Å². The van der Waals surface area contributed by atoms with E-state index in [1.165, 1.54) is 27.5 Å². The number of rotatable bonds is 5. The first-order valence-corrected chi connectivity index (χ1v) is 9.31. The summed E-state index contributed by atoms with van der Waals surface area (Å²) in [5.41, 5.74) is 3.71. The fourth-order valence-corrected chi connectivity index (χ4v) is 3.80. The van der Waals surface area contributed by atoms with Crippen molar-refractivity contribution in [2.45, 2.75) is 19.4 Å². The minimum atomic E-state index is -0.151. The SMILES string of the molecule is CN(CC(=O)NCc1ccc2c(c1)CCCN2C)C(=O)c1cccs1. The summed E-state index contributed by atoms with van der Waals surface area (Å²) in [5, 5.41) is 4.76. The number of nitrogens with zero attached hydrogens (tertiary/aromatic N) is 2. The molecule has 1 N–H and O–H groups in total. The van der Waals surface area contributed by atoms with Crippen LogP contribution in [0.5, 0.6) is 0 Å². The summed E-state index contributed by atoms with van der Waals surface area (Å²) in [5.74, 6) is -0.274. The molecular weight excluding hydrogens is 334 g/mol. The highest BCUT2D eigenvalue weighted by Gasteiger charge is 2.16. The van der Waals surface area contributed by atoms with E-state index < -0.39 is 0 Å². The Labute approximate surface area is 152 Å². The minimum Gasteiger partial charge on any atom is -0.374 e. The van der Waals surface area contributed by atoms with E-state index in [1.807, 2.05) is 11.4 Å². The molecule has 1 aliphatic rings. The van der Waals surface area contributed by atoms with Crippen molar-refractivity contribution in [2.24, 2.45) is 0 Å². The number of amides is 2. The molecule has 0 radical (unpaired) electrons. The van der Waals surface area contributed by atoms with Crippen molar-refractivity contribution in [2.75, 3.05) is 32.1 Å². The van der Waals surface area contributed by atoms with Crippen LogP contribution in [0.15, 0.2) is 35.7 Å². The van der Waals surface area contributed by atoms with Gasteiger partial charge in [0.25, 0.3) is 5.91 Å². The molecule has 2 aromatic rings. The van der Waals surface area contributed by atoms with Crippen LogP contribution in [-0.4, -0.2) is 43.9 Å². The van der Waals surface area contributed by atoms with E-state index in [2.05, 4.69) is 35.5 Å². The van der Waals surface area contributed by atoms with Crippen LogP contribution in [0.3, 0.4) is 0 Å². The Hall–Kier alpha value is -2.34. The molecule has 0 fully saturated rings. The summed E-state index contributed by atoms with van der Waals surface area (Å²) in [6.07, 6.45) is 2.24. The van der Waals surface area contributed by atoms with Crippen molar-refractivity contribution in [1.29, 1.82) is 0 Å². The topological polar surface area (TPSA) is 52.7 Å². The van der Waals surface area contributed by atoms with Gasteiger partial charge in [-0.2, -0.15) is 0 Å². The molecule has 0 saturated heterocycles. The maximum atomic E-state index is 12.2. The number of benzene rings is 1.